The lowest BCUT2D eigenvalue weighted by Gasteiger charge is -2.32. The summed E-state index contributed by atoms with van der Waals surface area (Å²) in [6.07, 6.45) is 0.823. The average molecular weight is 278 g/mol. The molecule has 0 saturated heterocycles. The van der Waals surface area contributed by atoms with E-state index in [4.69, 9.17) is 5.73 Å². The van der Waals surface area contributed by atoms with E-state index in [1.165, 1.54) is 0 Å². The molecule has 0 aliphatic heterocycles. The lowest BCUT2D eigenvalue weighted by molar-refractivity contribution is 0.263. The molecule has 0 heterocycles. The van der Waals surface area contributed by atoms with Crippen molar-refractivity contribution in [3.05, 3.63) is 0 Å². The summed E-state index contributed by atoms with van der Waals surface area (Å²) in [5.74, 6) is 0.181. The fourth-order valence-corrected chi connectivity index (χ4v) is 4.03. The number of sulfonamides is 1. The van der Waals surface area contributed by atoms with Gasteiger partial charge in [0.1, 0.15) is 0 Å². The van der Waals surface area contributed by atoms with E-state index >= 15 is 0 Å². The largest absolute Gasteiger partial charge is 0.330 e. The molecule has 0 aromatic heterocycles. The van der Waals surface area contributed by atoms with Crippen molar-refractivity contribution in [3.63, 3.8) is 0 Å². The van der Waals surface area contributed by atoms with E-state index in [9.17, 15) is 8.42 Å². The van der Waals surface area contributed by atoms with E-state index in [0.717, 1.165) is 6.42 Å². The molecule has 0 fully saturated rings. The first kappa shape index (κ1) is 17.9. The summed E-state index contributed by atoms with van der Waals surface area (Å²) in [5, 5.41) is 0. The van der Waals surface area contributed by atoms with Crippen LogP contribution in [-0.4, -0.2) is 38.1 Å². The first-order chi connectivity index (χ1) is 7.93. The van der Waals surface area contributed by atoms with Crippen molar-refractivity contribution >= 4 is 10.0 Å². The number of hydrogen-bond donors (Lipinski definition) is 1. The summed E-state index contributed by atoms with van der Waals surface area (Å²) in [6.45, 7) is 13.4. The van der Waals surface area contributed by atoms with Crippen LogP contribution in [0.1, 0.15) is 48.0 Å². The third-order valence-electron chi connectivity index (χ3n) is 2.64. The summed E-state index contributed by atoms with van der Waals surface area (Å²) >= 11 is 0. The molecule has 0 aliphatic rings. The Morgan fingerprint density at radius 1 is 1.11 bits per heavy atom. The van der Waals surface area contributed by atoms with Crippen molar-refractivity contribution in [1.82, 2.24) is 4.31 Å². The molecular formula is C13H30N2O2S. The summed E-state index contributed by atoms with van der Waals surface area (Å²) < 4.78 is 26.4. The highest BCUT2D eigenvalue weighted by Gasteiger charge is 2.31. The van der Waals surface area contributed by atoms with Gasteiger partial charge < -0.3 is 5.73 Å². The van der Waals surface area contributed by atoms with E-state index in [1.807, 2.05) is 41.5 Å². The van der Waals surface area contributed by atoms with Crippen molar-refractivity contribution in [2.24, 2.45) is 16.6 Å². The molecule has 110 valence electrons. The van der Waals surface area contributed by atoms with Gasteiger partial charge in [-0.3, -0.25) is 0 Å². The van der Waals surface area contributed by atoms with Crippen LogP contribution >= 0.6 is 0 Å². The minimum Gasteiger partial charge on any atom is -0.330 e. The minimum absolute atomic E-state index is 0.180. The Bertz CT molecular complexity index is 342. The van der Waals surface area contributed by atoms with E-state index in [1.54, 1.807) is 4.31 Å². The van der Waals surface area contributed by atoms with E-state index in [0.29, 0.717) is 19.6 Å². The Morgan fingerprint density at radius 2 is 1.61 bits per heavy atom. The molecule has 0 bridgehead atoms. The van der Waals surface area contributed by atoms with Gasteiger partial charge in [0.15, 0.2) is 0 Å². The second kappa shape index (κ2) is 6.35. The molecule has 0 saturated carbocycles. The molecule has 0 aromatic rings. The summed E-state index contributed by atoms with van der Waals surface area (Å²) in [7, 11) is -3.21. The zero-order valence-corrected chi connectivity index (χ0v) is 13.6. The van der Waals surface area contributed by atoms with Crippen LogP contribution in [0.4, 0.5) is 0 Å². The van der Waals surface area contributed by atoms with E-state index < -0.39 is 10.0 Å². The standard InChI is InChI=1S/C13H30N2O2S/c1-7-8-15(10-13(5,6)9-14)18(16,17)11-12(2,3)4/h7-11,14H2,1-6H3. The molecule has 0 radical (unpaired) electrons. The van der Waals surface area contributed by atoms with Gasteiger partial charge in [0.25, 0.3) is 0 Å². The maximum atomic E-state index is 12.4. The molecule has 0 unspecified atom stereocenters. The van der Waals surface area contributed by atoms with Gasteiger partial charge in [-0.1, -0.05) is 41.5 Å². The lowest BCUT2D eigenvalue weighted by Crippen LogP contribution is -2.44. The van der Waals surface area contributed by atoms with Crippen LogP contribution in [0.25, 0.3) is 0 Å². The van der Waals surface area contributed by atoms with Crippen LogP contribution in [0.3, 0.4) is 0 Å². The van der Waals surface area contributed by atoms with Gasteiger partial charge in [0.2, 0.25) is 10.0 Å². The number of hydrogen-bond acceptors (Lipinski definition) is 3. The molecule has 2 N–H and O–H groups in total. The second-order valence-electron chi connectivity index (χ2n) is 7.02. The molecule has 0 spiro atoms. The molecule has 0 atom stereocenters. The molecule has 18 heavy (non-hydrogen) atoms. The van der Waals surface area contributed by atoms with Gasteiger partial charge in [-0.15, -0.1) is 0 Å². The highest BCUT2D eigenvalue weighted by atomic mass is 32.2. The summed E-state index contributed by atoms with van der Waals surface area (Å²) in [5.41, 5.74) is 5.29. The maximum absolute atomic E-state index is 12.4. The lowest BCUT2D eigenvalue weighted by atomic mass is 9.94. The van der Waals surface area contributed by atoms with Crippen LogP contribution in [0, 0.1) is 10.8 Å². The molecule has 0 rings (SSSR count). The monoisotopic (exact) mass is 278 g/mol. The number of nitrogens with two attached hydrogens (primary N) is 1. The topological polar surface area (TPSA) is 63.4 Å². The van der Waals surface area contributed by atoms with Crippen LogP contribution in [0.5, 0.6) is 0 Å². The normalized spacial score (nSPS) is 14.2. The van der Waals surface area contributed by atoms with Crippen LogP contribution in [0.2, 0.25) is 0 Å². The fraction of sp³-hybridized carbons (Fsp3) is 1.00. The molecule has 4 nitrogen and oxygen atoms in total. The van der Waals surface area contributed by atoms with Crippen LogP contribution in [-0.2, 0) is 10.0 Å². The Labute approximate surface area is 113 Å². The van der Waals surface area contributed by atoms with Crippen LogP contribution in [0.15, 0.2) is 0 Å². The fourth-order valence-electron chi connectivity index (χ4n) is 1.75. The van der Waals surface area contributed by atoms with Gasteiger partial charge in [-0.2, -0.15) is 0 Å². The van der Waals surface area contributed by atoms with Crippen LogP contribution < -0.4 is 5.73 Å². The maximum Gasteiger partial charge on any atom is 0.214 e. The Balaban J connectivity index is 5.00. The van der Waals surface area contributed by atoms with E-state index in [2.05, 4.69) is 0 Å². The highest BCUT2D eigenvalue weighted by molar-refractivity contribution is 7.89. The van der Waals surface area contributed by atoms with Crippen molar-refractivity contribution in [2.75, 3.05) is 25.4 Å². The van der Waals surface area contributed by atoms with Crippen molar-refractivity contribution < 1.29 is 8.42 Å². The van der Waals surface area contributed by atoms with Gasteiger partial charge in [0, 0.05) is 13.1 Å². The first-order valence-corrected chi connectivity index (χ1v) is 8.22. The zero-order valence-electron chi connectivity index (χ0n) is 12.8. The summed E-state index contributed by atoms with van der Waals surface area (Å²) in [4.78, 5) is 0. The van der Waals surface area contributed by atoms with Crippen molar-refractivity contribution in [1.29, 1.82) is 0 Å². The Morgan fingerprint density at radius 3 is 1.94 bits per heavy atom. The zero-order chi connectivity index (χ0) is 14.6. The minimum atomic E-state index is -3.21. The van der Waals surface area contributed by atoms with Gasteiger partial charge in [0.05, 0.1) is 5.75 Å². The molecule has 0 amide bonds. The average Bonchev–Trinajstić information content (AvgIpc) is 2.13. The van der Waals surface area contributed by atoms with Crippen molar-refractivity contribution in [3.8, 4) is 0 Å². The first-order valence-electron chi connectivity index (χ1n) is 6.61. The van der Waals surface area contributed by atoms with Crippen molar-refractivity contribution in [2.45, 2.75) is 48.0 Å². The highest BCUT2D eigenvalue weighted by Crippen LogP contribution is 2.23. The Kier molecular flexibility index (Phi) is 6.30. The molecule has 0 aliphatic carbocycles. The second-order valence-corrected chi connectivity index (χ2v) is 8.99. The third kappa shape index (κ3) is 6.71. The smallest absolute Gasteiger partial charge is 0.214 e. The number of rotatable bonds is 7. The predicted octanol–water partition coefficient (Wildman–Crippen LogP) is 2.06. The van der Waals surface area contributed by atoms with Gasteiger partial charge in [-0.25, -0.2) is 12.7 Å². The predicted molar refractivity (Wildman–Crippen MR) is 77.9 cm³/mol. The van der Waals surface area contributed by atoms with Gasteiger partial charge in [-0.05, 0) is 23.8 Å². The molecule has 0 aromatic carbocycles. The molecular weight excluding hydrogens is 248 g/mol. The quantitative estimate of drug-likeness (QED) is 0.775. The summed E-state index contributed by atoms with van der Waals surface area (Å²) in [6, 6.07) is 0. The SMILES string of the molecule is CCCN(CC(C)(C)CN)S(=O)(=O)CC(C)(C)C. The Hall–Kier alpha value is -0.130. The third-order valence-corrected chi connectivity index (χ3v) is 4.97. The number of nitrogens with zero attached hydrogens (tertiary/aromatic N) is 1. The van der Waals surface area contributed by atoms with E-state index in [-0.39, 0.29) is 16.6 Å². The van der Waals surface area contributed by atoms with Gasteiger partial charge >= 0.3 is 0 Å². The molecule has 5 heteroatoms.